The minimum atomic E-state index is -0.185. The van der Waals surface area contributed by atoms with Gasteiger partial charge in [-0.2, -0.15) is 0 Å². The molecule has 0 N–H and O–H groups in total. The first-order chi connectivity index (χ1) is 22.0. The SMILES string of the molecule is CCn1c2ccc(C(=O)/C(CCSc3ccc(Cl)cc3)=N/OCc3ccccc3)cc2c2cc(C(=O)c3ccccc3)ccc21. The Hall–Kier alpha value is -4.65. The molecule has 45 heavy (non-hydrogen) atoms. The number of aryl methyl sites for hydroxylation is 1. The Kier molecular flexibility index (Phi) is 9.44. The van der Waals surface area contributed by atoms with E-state index in [-0.39, 0.29) is 18.2 Å². The van der Waals surface area contributed by atoms with E-state index in [0.717, 1.165) is 38.8 Å². The van der Waals surface area contributed by atoms with Gasteiger partial charge in [0.05, 0.1) is 0 Å². The zero-order chi connectivity index (χ0) is 31.2. The summed E-state index contributed by atoms with van der Waals surface area (Å²) >= 11 is 7.68. The van der Waals surface area contributed by atoms with Gasteiger partial charge in [0.1, 0.15) is 12.3 Å². The van der Waals surface area contributed by atoms with Crippen molar-refractivity contribution >= 4 is 62.4 Å². The van der Waals surface area contributed by atoms with E-state index < -0.39 is 0 Å². The van der Waals surface area contributed by atoms with Crippen LogP contribution in [0, 0.1) is 0 Å². The Morgan fingerprint density at radius 3 is 2.04 bits per heavy atom. The van der Waals surface area contributed by atoms with Gasteiger partial charge in [0.25, 0.3) is 0 Å². The van der Waals surface area contributed by atoms with Crippen molar-refractivity contribution in [2.75, 3.05) is 5.75 Å². The molecular weight excluding hydrogens is 600 g/mol. The van der Waals surface area contributed by atoms with Crippen LogP contribution in [0.2, 0.25) is 5.02 Å². The van der Waals surface area contributed by atoms with Crippen molar-refractivity contribution in [3.05, 3.63) is 149 Å². The first kappa shape index (κ1) is 30.4. The predicted octanol–water partition coefficient (Wildman–Crippen LogP) is 9.64. The Balaban J connectivity index is 1.32. The van der Waals surface area contributed by atoms with Crippen LogP contribution in [0.1, 0.15) is 45.2 Å². The van der Waals surface area contributed by atoms with Crippen LogP contribution < -0.4 is 0 Å². The van der Waals surface area contributed by atoms with Crippen molar-refractivity contribution in [3.8, 4) is 0 Å². The molecule has 1 aromatic heterocycles. The number of carbonyl (C=O) groups is 2. The molecule has 6 aromatic rings. The molecule has 0 saturated heterocycles. The minimum absolute atomic E-state index is 0.0368. The number of ketones is 2. The first-order valence-corrected chi connectivity index (χ1v) is 16.2. The third-order valence-corrected chi connectivity index (χ3v) is 8.94. The monoisotopic (exact) mass is 630 g/mol. The second kappa shape index (κ2) is 14.0. The Bertz CT molecular complexity index is 2000. The van der Waals surface area contributed by atoms with Gasteiger partial charge in [0, 0.05) is 67.1 Å². The van der Waals surface area contributed by atoms with E-state index in [4.69, 9.17) is 16.4 Å². The maximum Gasteiger partial charge on any atom is 0.210 e. The molecule has 7 heteroatoms. The van der Waals surface area contributed by atoms with Crippen molar-refractivity contribution in [2.45, 2.75) is 31.4 Å². The van der Waals surface area contributed by atoms with E-state index in [2.05, 4.69) is 16.6 Å². The average Bonchev–Trinajstić information content (AvgIpc) is 3.40. The van der Waals surface area contributed by atoms with Gasteiger partial charge in [-0.15, -0.1) is 11.8 Å². The Morgan fingerprint density at radius 2 is 1.38 bits per heavy atom. The van der Waals surface area contributed by atoms with Gasteiger partial charge in [-0.3, -0.25) is 9.59 Å². The quantitative estimate of drug-likeness (QED) is 0.0584. The molecule has 6 rings (SSSR count). The third kappa shape index (κ3) is 6.88. The molecule has 224 valence electrons. The van der Waals surface area contributed by atoms with E-state index in [9.17, 15) is 9.59 Å². The highest BCUT2D eigenvalue weighted by Crippen LogP contribution is 2.32. The van der Waals surface area contributed by atoms with E-state index in [0.29, 0.717) is 39.6 Å². The lowest BCUT2D eigenvalue weighted by Crippen LogP contribution is -2.16. The molecule has 0 radical (unpaired) electrons. The number of hydrogen-bond acceptors (Lipinski definition) is 5. The first-order valence-electron chi connectivity index (χ1n) is 14.8. The lowest BCUT2D eigenvalue weighted by molar-refractivity contribution is 0.102. The normalized spacial score (nSPS) is 11.6. The number of aromatic nitrogens is 1. The Labute approximate surface area is 271 Å². The highest BCUT2D eigenvalue weighted by Gasteiger charge is 2.19. The summed E-state index contributed by atoms with van der Waals surface area (Å²) in [6.45, 7) is 3.11. The molecule has 0 bridgehead atoms. The molecule has 0 atom stereocenters. The molecule has 0 aliphatic carbocycles. The summed E-state index contributed by atoms with van der Waals surface area (Å²) in [6, 6.07) is 38.2. The van der Waals surface area contributed by atoms with E-state index in [1.807, 2.05) is 121 Å². The van der Waals surface area contributed by atoms with Gasteiger partial charge in [-0.1, -0.05) is 77.4 Å². The minimum Gasteiger partial charge on any atom is -0.391 e. The maximum absolute atomic E-state index is 14.0. The molecule has 5 aromatic carbocycles. The zero-order valence-corrected chi connectivity index (χ0v) is 26.4. The molecule has 0 unspecified atom stereocenters. The number of rotatable bonds is 12. The fourth-order valence-corrected chi connectivity index (χ4v) is 6.39. The number of nitrogens with zero attached hydrogens (tertiary/aromatic N) is 2. The second-order valence-corrected chi connectivity index (χ2v) is 12.2. The molecule has 5 nitrogen and oxygen atoms in total. The van der Waals surface area contributed by atoms with Crippen molar-refractivity contribution in [1.82, 2.24) is 4.57 Å². The largest absolute Gasteiger partial charge is 0.391 e. The van der Waals surface area contributed by atoms with Gasteiger partial charge < -0.3 is 9.40 Å². The lowest BCUT2D eigenvalue weighted by Gasteiger charge is -2.08. The summed E-state index contributed by atoms with van der Waals surface area (Å²) < 4.78 is 2.20. The van der Waals surface area contributed by atoms with E-state index in [1.54, 1.807) is 11.8 Å². The number of halogens is 1. The zero-order valence-electron chi connectivity index (χ0n) is 24.8. The standard InChI is InChI=1S/C38H31ClN2O3S/c1-2-41-35-19-13-28(37(42)27-11-7-4-8-12-27)23-32(35)33-24-29(14-20-36(33)41)38(43)34(40-44-25-26-9-5-3-6-10-26)21-22-45-31-17-15-30(39)16-18-31/h3-20,23-24H,2,21-22,25H2,1H3/b40-34+. The van der Waals surface area contributed by atoms with Gasteiger partial charge in [0.2, 0.25) is 5.78 Å². The van der Waals surface area contributed by atoms with Gasteiger partial charge in [-0.25, -0.2) is 0 Å². The smallest absolute Gasteiger partial charge is 0.210 e. The number of fused-ring (bicyclic) bond motifs is 3. The number of Topliss-reactive ketones (excluding diaryl/α,β-unsaturated/α-hetero) is 1. The molecule has 0 saturated carbocycles. The lowest BCUT2D eigenvalue weighted by atomic mass is 9.99. The number of oxime groups is 1. The van der Waals surface area contributed by atoms with Crippen LogP contribution in [0.25, 0.3) is 21.8 Å². The van der Waals surface area contributed by atoms with Crippen LogP contribution in [0.5, 0.6) is 0 Å². The summed E-state index contributed by atoms with van der Waals surface area (Å²) in [6.07, 6.45) is 0.422. The van der Waals surface area contributed by atoms with Crippen LogP contribution >= 0.6 is 23.4 Å². The maximum atomic E-state index is 14.0. The summed E-state index contributed by atoms with van der Waals surface area (Å²) in [7, 11) is 0. The van der Waals surface area contributed by atoms with Gasteiger partial charge in [0.15, 0.2) is 5.78 Å². The Morgan fingerprint density at radius 1 is 0.756 bits per heavy atom. The topological polar surface area (TPSA) is 60.7 Å². The molecule has 0 amide bonds. The second-order valence-electron chi connectivity index (χ2n) is 10.6. The molecule has 0 aliphatic heterocycles. The molecule has 0 aliphatic rings. The fourth-order valence-electron chi connectivity index (χ4n) is 5.41. The van der Waals surface area contributed by atoms with E-state index >= 15 is 0 Å². The third-order valence-electron chi connectivity index (χ3n) is 7.67. The summed E-state index contributed by atoms with van der Waals surface area (Å²) in [4.78, 5) is 34.0. The number of carbonyl (C=O) groups excluding carboxylic acids is 2. The average molecular weight is 631 g/mol. The summed E-state index contributed by atoms with van der Waals surface area (Å²) in [5.74, 6) is 0.421. The molecule has 1 heterocycles. The van der Waals surface area contributed by atoms with Crippen LogP contribution in [0.15, 0.2) is 131 Å². The molecule has 0 spiro atoms. The van der Waals surface area contributed by atoms with Crippen molar-refractivity contribution in [3.63, 3.8) is 0 Å². The highest BCUT2D eigenvalue weighted by molar-refractivity contribution is 7.99. The summed E-state index contributed by atoms with van der Waals surface area (Å²) in [5.41, 5.74) is 5.11. The van der Waals surface area contributed by atoms with Crippen molar-refractivity contribution < 1.29 is 14.4 Å². The van der Waals surface area contributed by atoms with E-state index in [1.165, 1.54) is 0 Å². The highest BCUT2D eigenvalue weighted by atomic mass is 35.5. The number of thioether (sulfide) groups is 1. The van der Waals surface area contributed by atoms with Crippen LogP contribution in [-0.4, -0.2) is 27.6 Å². The molecule has 0 fully saturated rings. The van der Waals surface area contributed by atoms with Crippen molar-refractivity contribution in [1.29, 1.82) is 0 Å². The van der Waals surface area contributed by atoms with Gasteiger partial charge in [-0.05, 0) is 73.2 Å². The van der Waals surface area contributed by atoms with Crippen LogP contribution in [0.3, 0.4) is 0 Å². The van der Waals surface area contributed by atoms with Gasteiger partial charge >= 0.3 is 0 Å². The fraction of sp³-hybridized carbons (Fsp3) is 0.132. The number of hydrogen-bond donors (Lipinski definition) is 0. The van der Waals surface area contributed by atoms with Crippen LogP contribution in [-0.2, 0) is 18.0 Å². The van der Waals surface area contributed by atoms with Crippen molar-refractivity contribution in [2.24, 2.45) is 5.16 Å². The van der Waals surface area contributed by atoms with Crippen LogP contribution in [0.4, 0.5) is 0 Å². The molecular formula is C38H31ClN2O3S. The predicted molar refractivity (Wildman–Crippen MR) is 185 cm³/mol. The summed E-state index contributed by atoms with van der Waals surface area (Å²) in [5, 5.41) is 6.89. The number of benzene rings is 5.